The zero-order valence-corrected chi connectivity index (χ0v) is 15.8. The Bertz CT molecular complexity index is 425. The average Bonchev–Trinajstić information content (AvgIpc) is 2.55. The van der Waals surface area contributed by atoms with E-state index in [4.69, 9.17) is 0 Å². The molecule has 3 amide bonds. The van der Waals surface area contributed by atoms with E-state index in [0.717, 1.165) is 32.4 Å². The largest absolute Gasteiger partial charge is 0.353 e. The molecule has 0 spiro atoms. The molecule has 6 heteroatoms. The Morgan fingerprint density at radius 1 is 1.08 bits per heavy atom. The van der Waals surface area contributed by atoms with E-state index < -0.39 is 0 Å². The first-order valence-electron chi connectivity index (χ1n) is 9.51. The molecule has 2 fully saturated rings. The fraction of sp³-hybridized carbons (Fsp3) is 0.889. The molecule has 2 aliphatic heterocycles. The Labute approximate surface area is 146 Å². The summed E-state index contributed by atoms with van der Waals surface area (Å²) in [5, 5.41) is 3.00. The molecule has 6 nitrogen and oxygen atoms in total. The predicted octanol–water partition coefficient (Wildman–Crippen LogP) is 1.90. The second-order valence-electron chi connectivity index (χ2n) is 7.46. The Morgan fingerprint density at radius 2 is 1.67 bits per heavy atom. The van der Waals surface area contributed by atoms with E-state index in [1.165, 1.54) is 6.42 Å². The van der Waals surface area contributed by atoms with Crippen molar-refractivity contribution in [2.75, 3.05) is 32.7 Å². The van der Waals surface area contributed by atoms with Gasteiger partial charge in [0.15, 0.2) is 0 Å². The highest BCUT2D eigenvalue weighted by Gasteiger charge is 2.33. The number of amides is 3. The molecule has 3 atom stereocenters. The SMILES string of the molecule is CC[C@H](C)NC(=O)CN1CCN(C(=O)N2[C@H](C)CCC[C@@H]2C)CC1. The lowest BCUT2D eigenvalue weighted by Gasteiger charge is -2.44. The molecule has 0 aromatic rings. The Hall–Kier alpha value is -1.30. The Balaban J connectivity index is 1.79. The lowest BCUT2D eigenvalue weighted by molar-refractivity contribution is -0.123. The van der Waals surface area contributed by atoms with Crippen LogP contribution in [-0.4, -0.2) is 77.5 Å². The van der Waals surface area contributed by atoms with Crippen LogP contribution in [0, 0.1) is 0 Å². The first-order chi connectivity index (χ1) is 11.4. The van der Waals surface area contributed by atoms with E-state index in [0.29, 0.717) is 31.7 Å². The molecule has 0 aliphatic carbocycles. The van der Waals surface area contributed by atoms with E-state index in [1.807, 2.05) is 11.8 Å². The predicted molar refractivity (Wildman–Crippen MR) is 95.9 cm³/mol. The quantitative estimate of drug-likeness (QED) is 0.852. The number of nitrogens with zero attached hydrogens (tertiary/aromatic N) is 3. The summed E-state index contributed by atoms with van der Waals surface area (Å²) in [5.74, 6) is 0.0856. The molecule has 138 valence electrons. The van der Waals surface area contributed by atoms with Crippen molar-refractivity contribution in [3.05, 3.63) is 0 Å². The van der Waals surface area contributed by atoms with Gasteiger partial charge in [0.1, 0.15) is 0 Å². The number of piperidine rings is 1. The van der Waals surface area contributed by atoms with E-state index >= 15 is 0 Å². The van der Waals surface area contributed by atoms with Gasteiger partial charge in [-0.3, -0.25) is 9.69 Å². The molecular formula is C18H34N4O2. The first kappa shape index (κ1) is 19.0. The molecule has 0 unspecified atom stereocenters. The van der Waals surface area contributed by atoms with Gasteiger partial charge in [-0.1, -0.05) is 6.92 Å². The number of likely N-dealkylation sites (tertiary alicyclic amines) is 1. The van der Waals surface area contributed by atoms with Crippen LogP contribution in [0.25, 0.3) is 0 Å². The maximum Gasteiger partial charge on any atom is 0.320 e. The van der Waals surface area contributed by atoms with Crippen LogP contribution in [0.5, 0.6) is 0 Å². The number of hydrogen-bond donors (Lipinski definition) is 1. The van der Waals surface area contributed by atoms with Gasteiger partial charge in [0, 0.05) is 44.3 Å². The zero-order valence-electron chi connectivity index (χ0n) is 15.8. The summed E-state index contributed by atoms with van der Waals surface area (Å²) < 4.78 is 0. The second-order valence-corrected chi connectivity index (χ2v) is 7.46. The zero-order chi connectivity index (χ0) is 17.7. The maximum absolute atomic E-state index is 12.8. The summed E-state index contributed by atoms with van der Waals surface area (Å²) >= 11 is 0. The standard InChI is InChI=1S/C18H34N4O2/c1-5-14(2)19-17(23)13-20-9-11-21(12-10-20)18(24)22-15(3)7-6-8-16(22)4/h14-16H,5-13H2,1-4H3,(H,19,23)/t14-,15-,16+/m0/s1. The first-order valence-corrected chi connectivity index (χ1v) is 9.51. The van der Waals surface area contributed by atoms with Gasteiger partial charge >= 0.3 is 6.03 Å². The highest BCUT2D eigenvalue weighted by atomic mass is 16.2. The van der Waals surface area contributed by atoms with Crippen molar-refractivity contribution in [3.63, 3.8) is 0 Å². The smallest absolute Gasteiger partial charge is 0.320 e. The molecular weight excluding hydrogens is 304 g/mol. The van der Waals surface area contributed by atoms with Crippen LogP contribution in [0.4, 0.5) is 4.79 Å². The molecule has 2 saturated heterocycles. The number of hydrogen-bond acceptors (Lipinski definition) is 3. The van der Waals surface area contributed by atoms with Crippen molar-refractivity contribution in [1.82, 2.24) is 20.0 Å². The average molecular weight is 338 g/mol. The molecule has 24 heavy (non-hydrogen) atoms. The minimum absolute atomic E-state index is 0.0856. The van der Waals surface area contributed by atoms with Gasteiger partial charge in [0.05, 0.1) is 6.54 Å². The van der Waals surface area contributed by atoms with Gasteiger partial charge in [0.2, 0.25) is 5.91 Å². The highest BCUT2D eigenvalue weighted by Crippen LogP contribution is 2.24. The topological polar surface area (TPSA) is 55.9 Å². The molecule has 2 rings (SSSR count). The molecule has 1 N–H and O–H groups in total. The van der Waals surface area contributed by atoms with Crippen molar-refractivity contribution in [3.8, 4) is 0 Å². The van der Waals surface area contributed by atoms with Crippen molar-refractivity contribution in [2.45, 2.75) is 71.5 Å². The fourth-order valence-corrected chi connectivity index (χ4v) is 3.68. The van der Waals surface area contributed by atoms with Gasteiger partial charge in [-0.15, -0.1) is 0 Å². The van der Waals surface area contributed by atoms with Crippen LogP contribution in [0.3, 0.4) is 0 Å². The number of piperazine rings is 1. The van der Waals surface area contributed by atoms with Crippen LogP contribution < -0.4 is 5.32 Å². The van der Waals surface area contributed by atoms with Crippen LogP contribution in [-0.2, 0) is 4.79 Å². The van der Waals surface area contributed by atoms with Crippen molar-refractivity contribution >= 4 is 11.9 Å². The monoisotopic (exact) mass is 338 g/mol. The Kier molecular flexibility index (Phi) is 6.90. The van der Waals surface area contributed by atoms with Gasteiger partial charge in [-0.25, -0.2) is 4.79 Å². The van der Waals surface area contributed by atoms with Crippen LogP contribution in [0.2, 0.25) is 0 Å². The third-order valence-electron chi connectivity index (χ3n) is 5.44. The van der Waals surface area contributed by atoms with Crippen LogP contribution in [0.1, 0.15) is 53.4 Å². The summed E-state index contributed by atoms with van der Waals surface area (Å²) in [6.07, 6.45) is 4.36. The molecule has 2 heterocycles. The molecule has 0 radical (unpaired) electrons. The molecule has 2 aliphatic rings. The van der Waals surface area contributed by atoms with Crippen molar-refractivity contribution in [2.24, 2.45) is 0 Å². The van der Waals surface area contributed by atoms with Gasteiger partial charge in [-0.05, 0) is 46.5 Å². The van der Waals surface area contributed by atoms with Gasteiger partial charge < -0.3 is 15.1 Å². The number of carbonyl (C=O) groups excluding carboxylic acids is 2. The van der Waals surface area contributed by atoms with Crippen molar-refractivity contribution in [1.29, 1.82) is 0 Å². The van der Waals surface area contributed by atoms with Crippen LogP contribution >= 0.6 is 0 Å². The summed E-state index contributed by atoms with van der Waals surface area (Å²) in [6.45, 7) is 11.8. The number of nitrogens with one attached hydrogen (secondary N) is 1. The number of urea groups is 1. The summed E-state index contributed by atoms with van der Waals surface area (Å²) in [7, 11) is 0. The van der Waals surface area contributed by atoms with E-state index in [9.17, 15) is 9.59 Å². The van der Waals surface area contributed by atoms with Crippen molar-refractivity contribution < 1.29 is 9.59 Å². The number of rotatable bonds is 4. The minimum atomic E-state index is 0.0856. The highest BCUT2D eigenvalue weighted by molar-refractivity contribution is 5.78. The Morgan fingerprint density at radius 3 is 2.21 bits per heavy atom. The normalized spacial score (nSPS) is 27.0. The van der Waals surface area contributed by atoms with Crippen LogP contribution in [0.15, 0.2) is 0 Å². The molecule has 0 aromatic heterocycles. The molecule has 0 aromatic carbocycles. The minimum Gasteiger partial charge on any atom is -0.353 e. The summed E-state index contributed by atoms with van der Waals surface area (Å²) in [5.41, 5.74) is 0. The lowest BCUT2D eigenvalue weighted by Crippen LogP contribution is -2.58. The maximum atomic E-state index is 12.8. The van der Waals surface area contributed by atoms with Gasteiger partial charge in [-0.2, -0.15) is 0 Å². The molecule has 0 bridgehead atoms. The van der Waals surface area contributed by atoms with E-state index in [1.54, 1.807) is 0 Å². The third kappa shape index (κ3) is 4.85. The second kappa shape index (κ2) is 8.70. The van der Waals surface area contributed by atoms with E-state index in [-0.39, 0.29) is 18.0 Å². The lowest BCUT2D eigenvalue weighted by atomic mass is 9.98. The number of carbonyl (C=O) groups is 2. The third-order valence-corrected chi connectivity index (χ3v) is 5.44. The van der Waals surface area contributed by atoms with E-state index in [2.05, 4.69) is 35.9 Å². The summed E-state index contributed by atoms with van der Waals surface area (Å²) in [6, 6.07) is 1.07. The summed E-state index contributed by atoms with van der Waals surface area (Å²) in [4.78, 5) is 31.0. The van der Waals surface area contributed by atoms with Gasteiger partial charge in [0.25, 0.3) is 0 Å². The molecule has 0 saturated carbocycles. The fourth-order valence-electron chi connectivity index (χ4n) is 3.68.